The highest BCUT2D eigenvalue weighted by Gasteiger charge is 2.07. The first kappa shape index (κ1) is 13.9. The minimum Gasteiger partial charge on any atom is -0.378 e. The van der Waals surface area contributed by atoms with Crippen LogP contribution in [0.25, 0.3) is 0 Å². The molecule has 0 bridgehead atoms. The number of nitrogens with zero attached hydrogens (tertiary/aromatic N) is 1. The van der Waals surface area contributed by atoms with Crippen molar-refractivity contribution in [3.05, 3.63) is 63.1 Å². The molecule has 0 heterocycles. The topological polar surface area (TPSA) is 35.8 Å². The predicted octanol–water partition coefficient (Wildman–Crippen LogP) is 5.15. The van der Waals surface area contributed by atoms with Crippen molar-refractivity contribution in [3.63, 3.8) is 0 Å². The fourth-order valence-corrected chi connectivity index (χ4v) is 2.44. The third kappa shape index (κ3) is 3.50. The Morgan fingerprint density at radius 2 is 2.05 bits per heavy atom. The van der Waals surface area contributed by atoms with Gasteiger partial charge in [-0.15, -0.1) is 0 Å². The predicted molar refractivity (Wildman–Crippen MR) is 82.3 cm³/mol. The van der Waals surface area contributed by atoms with Crippen molar-refractivity contribution in [1.82, 2.24) is 0 Å². The van der Waals surface area contributed by atoms with Gasteiger partial charge in [-0.05, 0) is 42.8 Å². The maximum atomic E-state index is 8.84. The average Bonchev–Trinajstić information content (AvgIpc) is 2.39. The summed E-state index contributed by atoms with van der Waals surface area (Å²) in [5.41, 5.74) is 2.56. The third-order valence-electron chi connectivity index (χ3n) is 2.82. The van der Waals surface area contributed by atoms with Crippen molar-refractivity contribution in [3.8, 4) is 6.07 Å². The number of hydrogen-bond acceptors (Lipinski definition) is 2. The van der Waals surface area contributed by atoms with E-state index in [1.807, 2.05) is 24.3 Å². The normalized spacial score (nSPS) is 11.7. The molecule has 0 saturated heterocycles. The molecule has 19 heavy (non-hydrogen) atoms. The number of anilines is 1. The minimum absolute atomic E-state index is 0.154. The van der Waals surface area contributed by atoms with Crippen molar-refractivity contribution in [2.75, 3.05) is 5.32 Å². The van der Waals surface area contributed by atoms with Gasteiger partial charge in [-0.25, -0.2) is 0 Å². The molecule has 0 radical (unpaired) electrons. The van der Waals surface area contributed by atoms with E-state index in [4.69, 9.17) is 16.9 Å². The zero-order chi connectivity index (χ0) is 13.8. The van der Waals surface area contributed by atoms with E-state index in [1.165, 1.54) is 5.56 Å². The van der Waals surface area contributed by atoms with Crippen LogP contribution in [0.1, 0.15) is 24.1 Å². The number of halogens is 2. The van der Waals surface area contributed by atoms with E-state index in [1.54, 1.807) is 12.1 Å². The van der Waals surface area contributed by atoms with Crippen LogP contribution in [-0.2, 0) is 0 Å². The number of rotatable bonds is 3. The van der Waals surface area contributed by atoms with Crippen LogP contribution in [0.5, 0.6) is 0 Å². The van der Waals surface area contributed by atoms with Crippen molar-refractivity contribution >= 4 is 33.2 Å². The van der Waals surface area contributed by atoms with Gasteiger partial charge in [0.1, 0.15) is 6.07 Å². The maximum Gasteiger partial charge on any atom is 0.101 e. The zero-order valence-corrected chi connectivity index (χ0v) is 12.7. The van der Waals surface area contributed by atoms with Gasteiger partial charge in [-0.1, -0.05) is 39.7 Å². The molecule has 1 atom stereocenters. The Bertz CT molecular complexity index is 634. The van der Waals surface area contributed by atoms with E-state index in [2.05, 4.69) is 40.3 Å². The molecule has 0 aromatic heterocycles. The van der Waals surface area contributed by atoms with Gasteiger partial charge in [0.05, 0.1) is 10.6 Å². The first-order chi connectivity index (χ1) is 9.10. The second-order valence-electron chi connectivity index (χ2n) is 4.23. The smallest absolute Gasteiger partial charge is 0.101 e. The molecule has 1 N–H and O–H groups in total. The lowest BCUT2D eigenvalue weighted by Crippen LogP contribution is -2.06. The maximum absolute atomic E-state index is 8.84. The summed E-state index contributed by atoms with van der Waals surface area (Å²) in [5, 5.41) is 12.7. The van der Waals surface area contributed by atoms with Crippen LogP contribution in [-0.4, -0.2) is 0 Å². The number of nitriles is 1. The second kappa shape index (κ2) is 6.10. The monoisotopic (exact) mass is 334 g/mol. The summed E-state index contributed by atoms with van der Waals surface area (Å²) in [4.78, 5) is 0. The van der Waals surface area contributed by atoms with Crippen LogP contribution < -0.4 is 5.32 Å². The van der Waals surface area contributed by atoms with Crippen molar-refractivity contribution in [2.45, 2.75) is 13.0 Å². The molecule has 1 unspecified atom stereocenters. The van der Waals surface area contributed by atoms with Gasteiger partial charge in [-0.3, -0.25) is 0 Å². The molecule has 0 spiro atoms. The summed E-state index contributed by atoms with van der Waals surface area (Å²) < 4.78 is 1.05. The summed E-state index contributed by atoms with van der Waals surface area (Å²) in [5.74, 6) is 0. The molecule has 0 aliphatic carbocycles. The molecule has 2 aromatic carbocycles. The summed E-state index contributed by atoms with van der Waals surface area (Å²) in [6.45, 7) is 2.08. The van der Waals surface area contributed by atoms with Crippen molar-refractivity contribution < 1.29 is 0 Å². The van der Waals surface area contributed by atoms with Crippen LogP contribution in [0.3, 0.4) is 0 Å². The molecule has 0 fully saturated rings. The molecular weight excluding hydrogens is 324 g/mol. The Hall–Kier alpha value is -1.50. The van der Waals surface area contributed by atoms with Gasteiger partial charge >= 0.3 is 0 Å². The van der Waals surface area contributed by atoms with Gasteiger partial charge in [0.15, 0.2) is 0 Å². The van der Waals surface area contributed by atoms with Gasteiger partial charge in [0.2, 0.25) is 0 Å². The highest BCUT2D eigenvalue weighted by atomic mass is 79.9. The van der Waals surface area contributed by atoms with Crippen LogP contribution in [0.15, 0.2) is 46.9 Å². The Morgan fingerprint density at radius 3 is 2.68 bits per heavy atom. The molecule has 2 aromatic rings. The van der Waals surface area contributed by atoms with Gasteiger partial charge < -0.3 is 5.32 Å². The second-order valence-corrected chi connectivity index (χ2v) is 5.55. The van der Waals surface area contributed by atoms with E-state index in [0.29, 0.717) is 10.6 Å². The molecule has 0 amide bonds. The van der Waals surface area contributed by atoms with Crippen molar-refractivity contribution in [1.29, 1.82) is 5.26 Å². The lowest BCUT2D eigenvalue weighted by Gasteiger charge is -2.16. The molecule has 2 rings (SSSR count). The molecule has 4 heteroatoms. The Balaban J connectivity index is 2.17. The Kier molecular flexibility index (Phi) is 4.47. The van der Waals surface area contributed by atoms with Crippen molar-refractivity contribution in [2.24, 2.45) is 0 Å². The van der Waals surface area contributed by atoms with Crippen LogP contribution in [0.2, 0.25) is 5.02 Å². The molecule has 0 aliphatic rings. The fourth-order valence-electron chi connectivity index (χ4n) is 1.80. The largest absolute Gasteiger partial charge is 0.378 e. The molecule has 0 saturated carbocycles. The highest BCUT2D eigenvalue weighted by Crippen LogP contribution is 2.25. The standard InChI is InChI=1S/C15H12BrClN2/c1-10(11-3-2-4-13(16)7-11)19-14-6-5-12(9-18)15(17)8-14/h2-8,10,19H,1H3. The molecule has 2 nitrogen and oxygen atoms in total. The third-order valence-corrected chi connectivity index (χ3v) is 3.63. The molecule has 0 aliphatic heterocycles. The first-order valence-corrected chi connectivity index (χ1v) is 6.99. The van der Waals surface area contributed by atoms with E-state index in [9.17, 15) is 0 Å². The highest BCUT2D eigenvalue weighted by molar-refractivity contribution is 9.10. The molecule has 96 valence electrons. The number of hydrogen-bond donors (Lipinski definition) is 1. The van der Waals surface area contributed by atoms with Gasteiger partial charge in [0, 0.05) is 16.2 Å². The van der Waals surface area contributed by atoms with Crippen LogP contribution in [0.4, 0.5) is 5.69 Å². The van der Waals surface area contributed by atoms with Gasteiger partial charge in [0.25, 0.3) is 0 Å². The van der Waals surface area contributed by atoms with Crippen LogP contribution in [0, 0.1) is 11.3 Å². The fraction of sp³-hybridized carbons (Fsp3) is 0.133. The Morgan fingerprint density at radius 1 is 1.26 bits per heavy atom. The summed E-state index contributed by atoms with van der Waals surface area (Å²) >= 11 is 9.48. The van der Waals surface area contributed by atoms with E-state index in [-0.39, 0.29) is 6.04 Å². The number of benzene rings is 2. The lowest BCUT2D eigenvalue weighted by atomic mass is 10.1. The number of nitrogens with one attached hydrogen (secondary N) is 1. The zero-order valence-electron chi connectivity index (χ0n) is 10.3. The SMILES string of the molecule is CC(Nc1ccc(C#N)c(Cl)c1)c1cccc(Br)c1. The first-order valence-electron chi connectivity index (χ1n) is 5.82. The Labute approximate surface area is 126 Å². The lowest BCUT2D eigenvalue weighted by molar-refractivity contribution is 0.884. The van der Waals surface area contributed by atoms with E-state index < -0.39 is 0 Å². The summed E-state index contributed by atoms with van der Waals surface area (Å²) in [6, 6.07) is 15.7. The average molecular weight is 336 g/mol. The summed E-state index contributed by atoms with van der Waals surface area (Å²) in [7, 11) is 0. The molecular formula is C15H12BrClN2. The quantitative estimate of drug-likeness (QED) is 0.842. The van der Waals surface area contributed by atoms with Gasteiger partial charge in [-0.2, -0.15) is 5.26 Å². The van der Waals surface area contributed by atoms with E-state index in [0.717, 1.165) is 10.2 Å². The van der Waals surface area contributed by atoms with Crippen LogP contribution >= 0.6 is 27.5 Å². The minimum atomic E-state index is 0.154. The van der Waals surface area contributed by atoms with E-state index >= 15 is 0 Å². The summed E-state index contributed by atoms with van der Waals surface area (Å²) in [6.07, 6.45) is 0.